The third kappa shape index (κ3) is 3.97. The molecule has 0 atom stereocenters. The van der Waals surface area contributed by atoms with Gasteiger partial charge in [-0.2, -0.15) is 0 Å². The number of imidazole rings is 1. The predicted octanol–water partition coefficient (Wildman–Crippen LogP) is 4.92. The Morgan fingerprint density at radius 1 is 0.889 bits per heavy atom. The monoisotopic (exact) mass is 397 g/mol. The van der Waals surface area contributed by atoms with Crippen molar-refractivity contribution in [3.8, 4) is 22.5 Å². The second-order valence-corrected chi connectivity index (χ2v) is 8.46. The van der Waals surface area contributed by atoms with Crippen LogP contribution in [-0.2, 0) is 10.0 Å². The van der Waals surface area contributed by atoms with Crippen LogP contribution in [0.2, 0.25) is 5.02 Å². The van der Waals surface area contributed by atoms with Gasteiger partial charge in [-0.15, -0.1) is 0 Å². The molecule has 0 spiro atoms. The summed E-state index contributed by atoms with van der Waals surface area (Å²) in [7, 11) is -3.27. The van der Waals surface area contributed by atoms with Crippen molar-refractivity contribution in [1.29, 1.82) is 0 Å². The van der Waals surface area contributed by atoms with Crippen molar-refractivity contribution in [3.05, 3.63) is 71.8 Å². The molecule has 3 aromatic carbocycles. The molecule has 1 heterocycles. The first-order valence-corrected chi connectivity index (χ1v) is 10.5. The average molecular weight is 398 g/mol. The fourth-order valence-electron chi connectivity index (χ4n) is 2.88. The number of sulfonamides is 1. The number of aromatic amines is 1. The fourth-order valence-corrected chi connectivity index (χ4v) is 3.62. The molecule has 0 fully saturated rings. The van der Waals surface area contributed by atoms with Crippen molar-refractivity contribution in [3.63, 3.8) is 0 Å². The number of H-pyrrole nitrogens is 1. The van der Waals surface area contributed by atoms with E-state index in [4.69, 9.17) is 11.6 Å². The normalized spacial score (nSPS) is 11.6. The predicted molar refractivity (Wildman–Crippen MR) is 110 cm³/mol. The van der Waals surface area contributed by atoms with E-state index in [1.165, 1.54) is 0 Å². The van der Waals surface area contributed by atoms with E-state index >= 15 is 0 Å². The van der Waals surface area contributed by atoms with Crippen LogP contribution in [0.3, 0.4) is 0 Å². The molecule has 0 amide bonds. The van der Waals surface area contributed by atoms with Gasteiger partial charge in [0, 0.05) is 16.3 Å². The van der Waals surface area contributed by atoms with E-state index in [1.807, 2.05) is 54.6 Å². The lowest BCUT2D eigenvalue weighted by molar-refractivity contribution is 0.607. The van der Waals surface area contributed by atoms with E-state index in [-0.39, 0.29) is 0 Å². The minimum absolute atomic E-state index is 0.541. The smallest absolute Gasteiger partial charge is 0.229 e. The molecule has 27 heavy (non-hydrogen) atoms. The summed E-state index contributed by atoms with van der Waals surface area (Å²) in [5, 5.41) is 0.668. The molecule has 1 aromatic heterocycles. The summed E-state index contributed by atoms with van der Waals surface area (Å²) in [6, 6.07) is 20.8. The summed E-state index contributed by atoms with van der Waals surface area (Å²) in [5.74, 6) is 0.784. The summed E-state index contributed by atoms with van der Waals surface area (Å²) in [6.45, 7) is 0. The first-order chi connectivity index (χ1) is 12.9. The Hall–Kier alpha value is -2.83. The minimum Gasteiger partial charge on any atom is -0.338 e. The first-order valence-electron chi connectivity index (χ1n) is 8.21. The van der Waals surface area contributed by atoms with Gasteiger partial charge in [-0.05, 0) is 41.5 Å². The zero-order valence-corrected chi connectivity index (χ0v) is 16.0. The number of fused-ring (bicyclic) bond motifs is 1. The highest BCUT2D eigenvalue weighted by molar-refractivity contribution is 7.92. The van der Waals surface area contributed by atoms with Crippen LogP contribution in [-0.4, -0.2) is 24.6 Å². The van der Waals surface area contributed by atoms with Crippen LogP contribution < -0.4 is 4.72 Å². The van der Waals surface area contributed by atoms with E-state index in [1.54, 1.807) is 12.1 Å². The Balaban J connectivity index is 1.59. The van der Waals surface area contributed by atoms with E-state index in [0.717, 1.165) is 39.8 Å². The second-order valence-electron chi connectivity index (χ2n) is 6.28. The Morgan fingerprint density at radius 3 is 2.11 bits per heavy atom. The number of nitrogens with zero attached hydrogens (tertiary/aromatic N) is 1. The van der Waals surface area contributed by atoms with Gasteiger partial charge in [0.1, 0.15) is 5.82 Å². The highest BCUT2D eigenvalue weighted by atomic mass is 35.5. The van der Waals surface area contributed by atoms with Gasteiger partial charge in [0.15, 0.2) is 0 Å². The van der Waals surface area contributed by atoms with Crippen molar-refractivity contribution < 1.29 is 8.42 Å². The van der Waals surface area contributed by atoms with Crippen LogP contribution >= 0.6 is 11.6 Å². The van der Waals surface area contributed by atoms with Gasteiger partial charge in [0.25, 0.3) is 0 Å². The fraction of sp³-hybridized carbons (Fsp3) is 0.0500. The lowest BCUT2D eigenvalue weighted by atomic mass is 10.0. The Bertz CT molecular complexity index is 1210. The number of halogens is 1. The van der Waals surface area contributed by atoms with Gasteiger partial charge >= 0.3 is 0 Å². The molecule has 0 aliphatic carbocycles. The maximum atomic E-state index is 11.3. The van der Waals surface area contributed by atoms with Gasteiger partial charge < -0.3 is 4.98 Å². The van der Waals surface area contributed by atoms with Crippen LogP contribution in [0.1, 0.15) is 0 Å². The SMILES string of the molecule is CS(=O)(=O)Nc1ccc(-c2ccc(-c3nc4ccc(Cl)cc4[nH]3)cc2)cc1. The summed E-state index contributed by atoms with van der Waals surface area (Å²) in [6.07, 6.45) is 1.13. The van der Waals surface area contributed by atoms with E-state index in [9.17, 15) is 8.42 Å². The number of anilines is 1. The van der Waals surface area contributed by atoms with Crippen molar-refractivity contribution in [2.24, 2.45) is 0 Å². The molecule has 0 unspecified atom stereocenters. The van der Waals surface area contributed by atoms with Gasteiger partial charge in [0.05, 0.1) is 17.3 Å². The molecule has 0 aliphatic heterocycles. The van der Waals surface area contributed by atoms with Crippen LogP contribution in [0.5, 0.6) is 0 Å². The molecule has 136 valence electrons. The second kappa shape index (κ2) is 6.72. The van der Waals surface area contributed by atoms with Gasteiger partial charge in [-0.3, -0.25) is 4.72 Å². The molecule has 4 rings (SSSR count). The molecule has 0 radical (unpaired) electrons. The largest absolute Gasteiger partial charge is 0.338 e. The molecule has 2 N–H and O–H groups in total. The Kier molecular flexibility index (Phi) is 4.37. The lowest BCUT2D eigenvalue weighted by Crippen LogP contribution is -2.09. The highest BCUT2D eigenvalue weighted by Gasteiger charge is 2.07. The number of benzene rings is 3. The quantitative estimate of drug-likeness (QED) is 0.513. The molecule has 0 saturated heterocycles. The average Bonchev–Trinajstić information content (AvgIpc) is 3.04. The summed E-state index contributed by atoms with van der Waals surface area (Å²) in [5.41, 5.74) is 5.31. The number of nitrogens with one attached hydrogen (secondary N) is 2. The minimum atomic E-state index is -3.27. The highest BCUT2D eigenvalue weighted by Crippen LogP contribution is 2.27. The maximum absolute atomic E-state index is 11.3. The lowest BCUT2D eigenvalue weighted by Gasteiger charge is -2.06. The number of rotatable bonds is 4. The molecule has 0 aliphatic rings. The van der Waals surface area contributed by atoms with Crippen LogP contribution in [0.25, 0.3) is 33.5 Å². The Labute approximate surface area is 162 Å². The van der Waals surface area contributed by atoms with Crippen molar-refractivity contribution in [1.82, 2.24) is 9.97 Å². The molecule has 4 aromatic rings. The van der Waals surface area contributed by atoms with Crippen LogP contribution in [0, 0.1) is 0 Å². The zero-order chi connectivity index (χ0) is 19.0. The maximum Gasteiger partial charge on any atom is 0.229 e. The molecule has 0 saturated carbocycles. The number of hydrogen-bond donors (Lipinski definition) is 2. The third-order valence-corrected chi connectivity index (χ3v) is 4.97. The van der Waals surface area contributed by atoms with Crippen molar-refractivity contribution in [2.45, 2.75) is 0 Å². The van der Waals surface area contributed by atoms with Crippen molar-refractivity contribution >= 4 is 38.3 Å². The number of hydrogen-bond acceptors (Lipinski definition) is 3. The molecular formula is C20H16ClN3O2S. The third-order valence-electron chi connectivity index (χ3n) is 4.12. The molecular weight excluding hydrogens is 382 g/mol. The molecule has 0 bridgehead atoms. The van der Waals surface area contributed by atoms with E-state index in [2.05, 4.69) is 14.7 Å². The number of aromatic nitrogens is 2. The zero-order valence-electron chi connectivity index (χ0n) is 14.4. The van der Waals surface area contributed by atoms with Gasteiger partial charge in [0.2, 0.25) is 10.0 Å². The summed E-state index contributed by atoms with van der Waals surface area (Å²) in [4.78, 5) is 7.87. The summed E-state index contributed by atoms with van der Waals surface area (Å²) < 4.78 is 25.0. The Morgan fingerprint density at radius 2 is 1.48 bits per heavy atom. The standard InChI is InChI=1S/C20H16ClN3O2S/c1-27(25,26)24-17-9-6-14(7-10-17)13-2-4-15(5-3-13)20-22-18-11-8-16(21)12-19(18)23-20/h2-12,24H,1H3,(H,22,23). The summed E-state index contributed by atoms with van der Waals surface area (Å²) >= 11 is 6.02. The van der Waals surface area contributed by atoms with Gasteiger partial charge in [-0.25, -0.2) is 13.4 Å². The van der Waals surface area contributed by atoms with Crippen LogP contribution in [0.4, 0.5) is 5.69 Å². The topological polar surface area (TPSA) is 74.8 Å². The molecule has 7 heteroatoms. The van der Waals surface area contributed by atoms with Crippen molar-refractivity contribution in [2.75, 3.05) is 11.0 Å². The first kappa shape index (κ1) is 17.6. The van der Waals surface area contributed by atoms with E-state index < -0.39 is 10.0 Å². The van der Waals surface area contributed by atoms with E-state index in [0.29, 0.717) is 10.7 Å². The van der Waals surface area contributed by atoms with Gasteiger partial charge in [-0.1, -0.05) is 48.0 Å². The molecule has 5 nitrogen and oxygen atoms in total. The van der Waals surface area contributed by atoms with Crippen LogP contribution in [0.15, 0.2) is 66.7 Å².